The molecule has 3 heterocycles. The number of phenols is 1. The second-order valence-electron chi connectivity index (χ2n) is 8.00. The number of carbonyl (C=O) groups is 1. The van der Waals surface area contributed by atoms with Crippen LogP contribution in [0.1, 0.15) is 24.0 Å². The van der Waals surface area contributed by atoms with Crippen LogP contribution in [0.15, 0.2) is 23.3 Å². The van der Waals surface area contributed by atoms with Gasteiger partial charge >= 0.3 is 0 Å². The van der Waals surface area contributed by atoms with Crippen molar-refractivity contribution in [3.05, 3.63) is 29.5 Å². The first-order valence-electron chi connectivity index (χ1n) is 9.63. The molecule has 30 heavy (non-hydrogen) atoms. The lowest BCUT2D eigenvalue weighted by Crippen LogP contribution is -2.39. The summed E-state index contributed by atoms with van der Waals surface area (Å²) in [5.41, 5.74) is 1.80. The van der Waals surface area contributed by atoms with Crippen LogP contribution in [0, 0.1) is 13.8 Å². The second kappa shape index (κ2) is 6.58. The van der Waals surface area contributed by atoms with E-state index in [0.29, 0.717) is 29.3 Å². The molecule has 0 spiro atoms. The number of aromatic nitrogens is 3. The van der Waals surface area contributed by atoms with Gasteiger partial charge in [-0.25, -0.2) is 14.1 Å². The van der Waals surface area contributed by atoms with Crippen LogP contribution < -0.4 is 0 Å². The van der Waals surface area contributed by atoms with Crippen LogP contribution in [0.3, 0.4) is 0 Å². The smallest absolute Gasteiger partial charge is 0.254 e. The number of benzene rings is 1. The van der Waals surface area contributed by atoms with Gasteiger partial charge in [0.05, 0.1) is 29.7 Å². The lowest BCUT2D eigenvalue weighted by Gasteiger charge is -2.17. The molecular formula is C20H20FN5O3S. The minimum absolute atomic E-state index is 0.0516. The van der Waals surface area contributed by atoms with E-state index in [1.807, 2.05) is 19.9 Å². The summed E-state index contributed by atoms with van der Waals surface area (Å²) < 4.78 is 16.7. The molecule has 2 aromatic heterocycles. The van der Waals surface area contributed by atoms with Gasteiger partial charge in [0.25, 0.3) is 5.91 Å². The van der Waals surface area contributed by atoms with Crippen LogP contribution in [0.25, 0.3) is 16.0 Å². The average Bonchev–Trinajstić information content (AvgIpc) is 2.95. The van der Waals surface area contributed by atoms with E-state index in [0.717, 1.165) is 15.8 Å². The van der Waals surface area contributed by atoms with Gasteiger partial charge in [0.15, 0.2) is 11.8 Å². The van der Waals surface area contributed by atoms with Crippen molar-refractivity contribution < 1.29 is 19.4 Å². The zero-order valence-corrected chi connectivity index (χ0v) is 17.3. The predicted octanol–water partition coefficient (Wildman–Crippen LogP) is 2.58. The molecule has 8 nitrogen and oxygen atoms in total. The highest BCUT2D eigenvalue weighted by Gasteiger charge is 2.52. The van der Waals surface area contributed by atoms with Crippen LogP contribution in [-0.2, 0) is 4.79 Å². The molecule has 1 aliphatic carbocycles. The van der Waals surface area contributed by atoms with E-state index in [1.165, 1.54) is 16.2 Å². The number of hydrogen-bond acceptors (Lipinski definition) is 7. The summed E-state index contributed by atoms with van der Waals surface area (Å²) >= 11 is 1.26. The number of halogens is 1. The molecule has 2 aliphatic rings. The molecular weight excluding hydrogens is 409 g/mol. The van der Waals surface area contributed by atoms with Gasteiger partial charge in [0.1, 0.15) is 17.0 Å². The molecule has 0 bridgehead atoms. The quantitative estimate of drug-likeness (QED) is 0.666. The van der Waals surface area contributed by atoms with Gasteiger partial charge in [-0.3, -0.25) is 4.79 Å². The molecule has 3 aromatic rings. The Morgan fingerprint density at radius 1 is 1.37 bits per heavy atom. The minimum atomic E-state index is -1.38. The van der Waals surface area contributed by atoms with Crippen LogP contribution in [0.2, 0.25) is 0 Å². The SMILES string of the molecule is Cc1cc(C)c(-n2cc3sc(/N=C4/CN(C(=O)C5(O)CC5)C[C@@H]4F)nc3n2)c(O)c1. The summed E-state index contributed by atoms with van der Waals surface area (Å²) in [6.45, 7) is 3.76. The third-order valence-corrected chi connectivity index (χ3v) is 6.34. The van der Waals surface area contributed by atoms with Crippen molar-refractivity contribution in [2.75, 3.05) is 13.1 Å². The van der Waals surface area contributed by atoms with Crippen molar-refractivity contribution in [2.24, 2.45) is 4.99 Å². The van der Waals surface area contributed by atoms with E-state index in [4.69, 9.17) is 0 Å². The number of fused-ring (bicyclic) bond motifs is 1. The van der Waals surface area contributed by atoms with Crippen molar-refractivity contribution in [1.82, 2.24) is 19.7 Å². The molecule has 1 amide bonds. The third kappa shape index (κ3) is 3.16. The van der Waals surface area contributed by atoms with Gasteiger partial charge in [-0.2, -0.15) is 4.98 Å². The first kappa shape index (κ1) is 19.1. The molecule has 1 atom stereocenters. The van der Waals surface area contributed by atoms with Gasteiger partial charge in [-0.05, 0) is 43.9 Å². The monoisotopic (exact) mass is 429 g/mol. The molecule has 2 N–H and O–H groups in total. The number of nitrogens with zero attached hydrogens (tertiary/aromatic N) is 5. The number of thiazole rings is 1. The Balaban J connectivity index is 1.40. The number of likely N-dealkylation sites (tertiary alicyclic amines) is 1. The van der Waals surface area contributed by atoms with Gasteiger partial charge in [-0.1, -0.05) is 17.4 Å². The fourth-order valence-corrected chi connectivity index (χ4v) is 4.60. The van der Waals surface area contributed by atoms with Crippen molar-refractivity contribution in [3.63, 3.8) is 0 Å². The standard InChI is InChI=1S/C20H20FN5O3S/c1-10-5-11(2)16(14(27)6-10)26-9-15-17(24-26)23-19(30-15)22-13-8-25(7-12(13)21)18(28)20(29)3-4-20/h5-6,9,12,27,29H,3-4,7-8H2,1-2H3/b22-13-/t12-/m0/s1. The number of aliphatic hydroxyl groups is 1. The Morgan fingerprint density at radius 3 is 2.80 bits per heavy atom. The van der Waals surface area contributed by atoms with E-state index in [2.05, 4.69) is 15.1 Å². The zero-order chi connectivity index (χ0) is 21.2. The molecule has 1 aliphatic heterocycles. The maximum absolute atomic E-state index is 14.4. The molecule has 0 radical (unpaired) electrons. The summed E-state index contributed by atoms with van der Waals surface area (Å²) in [6.07, 6.45) is 1.23. The van der Waals surface area contributed by atoms with Gasteiger partial charge in [0.2, 0.25) is 5.13 Å². The number of hydrogen-bond donors (Lipinski definition) is 2. The molecule has 2 fully saturated rings. The van der Waals surface area contributed by atoms with E-state index in [1.54, 1.807) is 16.9 Å². The Labute approximate surface area is 175 Å². The highest BCUT2D eigenvalue weighted by Crippen LogP contribution is 2.38. The number of rotatable bonds is 3. The van der Waals surface area contributed by atoms with Gasteiger partial charge in [-0.15, -0.1) is 5.10 Å². The van der Waals surface area contributed by atoms with Gasteiger partial charge < -0.3 is 15.1 Å². The van der Waals surface area contributed by atoms with Crippen molar-refractivity contribution >= 4 is 38.4 Å². The van der Waals surface area contributed by atoms with Crippen LogP contribution in [0.4, 0.5) is 9.52 Å². The van der Waals surface area contributed by atoms with Crippen molar-refractivity contribution in [3.8, 4) is 11.4 Å². The van der Waals surface area contributed by atoms with Crippen molar-refractivity contribution in [1.29, 1.82) is 0 Å². The topological polar surface area (TPSA) is 104 Å². The van der Waals surface area contributed by atoms with Crippen LogP contribution in [0.5, 0.6) is 5.75 Å². The second-order valence-corrected chi connectivity index (χ2v) is 9.00. The summed E-state index contributed by atoms with van der Waals surface area (Å²) in [4.78, 5) is 22.2. The van der Waals surface area contributed by atoms with E-state index >= 15 is 0 Å². The lowest BCUT2D eigenvalue weighted by atomic mass is 10.1. The highest BCUT2D eigenvalue weighted by atomic mass is 32.1. The van der Waals surface area contributed by atoms with Crippen LogP contribution >= 0.6 is 11.3 Å². The molecule has 5 rings (SSSR count). The number of carbonyl (C=O) groups excluding carboxylic acids is 1. The molecule has 0 unspecified atom stereocenters. The Morgan fingerprint density at radius 2 is 2.13 bits per heavy atom. The normalized spacial score (nSPS) is 21.7. The number of phenolic OH excluding ortho intramolecular Hbond substituents is 1. The Bertz CT molecular complexity index is 1160. The predicted molar refractivity (Wildman–Crippen MR) is 111 cm³/mol. The largest absolute Gasteiger partial charge is 0.506 e. The lowest BCUT2D eigenvalue weighted by molar-refractivity contribution is -0.141. The fourth-order valence-electron chi connectivity index (χ4n) is 3.78. The molecule has 156 valence electrons. The first-order chi connectivity index (χ1) is 14.2. The molecule has 1 saturated heterocycles. The minimum Gasteiger partial charge on any atom is -0.506 e. The maximum atomic E-state index is 14.4. The fraction of sp³-hybridized carbons (Fsp3) is 0.400. The molecule has 10 heteroatoms. The third-order valence-electron chi connectivity index (χ3n) is 5.46. The number of aromatic hydroxyl groups is 1. The zero-order valence-electron chi connectivity index (χ0n) is 16.5. The van der Waals surface area contributed by atoms with Gasteiger partial charge in [0, 0.05) is 0 Å². The average molecular weight is 429 g/mol. The highest BCUT2D eigenvalue weighted by molar-refractivity contribution is 7.21. The number of aliphatic imine (C=N–C) groups is 1. The van der Waals surface area contributed by atoms with E-state index in [-0.39, 0.29) is 24.6 Å². The number of aryl methyl sites for hydroxylation is 2. The van der Waals surface area contributed by atoms with Crippen LogP contribution in [-0.4, -0.2) is 66.4 Å². The van der Waals surface area contributed by atoms with E-state index in [9.17, 15) is 19.4 Å². The number of amides is 1. The maximum Gasteiger partial charge on any atom is 0.254 e. The first-order valence-corrected chi connectivity index (χ1v) is 10.5. The van der Waals surface area contributed by atoms with E-state index < -0.39 is 17.7 Å². The molecule has 1 aromatic carbocycles. The summed E-state index contributed by atoms with van der Waals surface area (Å²) in [5.74, 6) is -0.291. The molecule has 1 saturated carbocycles. The summed E-state index contributed by atoms with van der Waals surface area (Å²) in [7, 11) is 0. The summed E-state index contributed by atoms with van der Waals surface area (Å²) in [5, 5.41) is 25.1. The van der Waals surface area contributed by atoms with Crippen molar-refractivity contribution in [2.45, 2.75) is 38.5 Å². The summed E-state index contributed by atoms with van der Waals surface area (Å²) in [6, 6.07) is 3.64. The number of alkyl halides is 1. The Hall–Kier alpha value is -2.85. The Kier molecular flexibility index (Phi) is 4.19.